The summed E-state index contributed by atoms with van der Waals surface area (Å²) >= 11 is 0. The Morgan fingerprint density at radius 3 is 2.17 bits per heavy atom. The Morgan fingerprint density at radius 1 is 0.972 bits per heavy atom. The van der Waals surface area contributed by atoms with Gasteiger partial charge in [0.15, 0.2) is 5.75 Å². The number of ether oxygens (including phenoxy) is 1. The van der Waals surface area contributed by atoms with Crippen molar-refractivity contribution in [3.8, 4) is 11.5 Å². The molecule has 0 unspecified atom stereocenters. The predicted octanol–water partition coefficient (Wildman–Crippen LogP) is 8.01. The number of hydrogen-bond acceptors (Lipinski definition) is 3. The number of carbonyl (C=O) groups is 1. The quantitative estimate of drug-likeness (QED) is 0.341. The highest BCUT2D eigenvalue weighted by atomic mass is 28.4. The summed E-state index contributed by atoms with van der Waals surface area (Å²) in [6, 6.07) is 13.0. The summed E-state index contributed by atoms with van der Waals surface area (Å²) in [5, 5.41) is 0. The number of benzene rings is 2. The van der Waals surface area contributed by atoms with E-state index in [1.54, 1.807) is 7.11 Å². The first-order valence-electron chi connectivity index (χ1n) is 13.6. The van der Waals surface area contributed by atoms with Crippen molar-refractivity contribution in [2.75, 3.05) is 7.11 Å². The van der Waals surface area contributed by atoms with Crippen LogP contribution in [-0.4, -0.2) is 32.3 Å². The molecule has 2 heterocycles. The van der Waals surface area contributed by atoms with Crippen molar-refractivity contribution >= 4 is 19.8 Å². The van der Waals surface area contributed by atoms with Crippen molar-refractivity contribution in [3.63, 3.8) is 0 Å². The smallest absolute Gasteiger partial charge is 0.258 e. The summed E-state index contributed by atoms with van der Waals surface area (Å²) in [6.45, 7) is 15.9. The maximum absolute atomic E-state index is 13.8. The highest BCUT2D eigenvalue weighted by molar-refractivity contribution is 6.78. The Hall–Kier alpha value is -2.53. The van der Waals surface area contributed by atoms with Crippen molar-refractivity contribution in [2.24, 2.45) is 0 Å². The van der Waals surface area contributed by atoms with Crippen LogP contribution in [0, 0.1) is 0 Å². The molecule has 0 bridgehead atoms. The first kappa shape index (κ1) is 26.5. The summed E-state index contributed by atoms with van der Waals surface area (Å²) in [6.07, 6.45) is 5.81. The van der Waals surface area contributed by atoms with Crippen LogP contribution in [0.4, 0.5) is 0 Å². The second kappa shape index (κ2) is 10.4. The molecule has 194 valence electrons. The second-order valence-corrected chi connectivity index (χ2v) is 16.8. The molecule has 0 spiro atoms. The molecule has 2 aliphatic heterocycles. The number of aryl methyl sites for hydroxylation is 2. The number of hydrogen-bond donors (Lipinski definition) is 0. The normalized spacial score (nSPS) is 17.9. The second-order valence-electron chi connectivity index (χ2n) is 11.4. The molecular formula is C31H43NO3Si. The molecule has 0 aromatic heterocycles. The van der Waals surface area contributed by atoms with Gasteiger partial charge in [-0.15, -0.1) is 0 Å². The highest BCUT2D eigenvalue weighted by Crippen LogP contribution is 2.46. The molecule has 0 radical (unpaired) electrons. The topological polar surface area (TPSA) is 38.8 Å². The number of amides is 1. The minimum atomic E-state index is -2.15. The number of nitrogens with zero attached hydrogens (tertiary/aromatic N) is 1. The number of fused-ring (bicyclic) bond motifs is 2. The van der Waals surface area contributed by atoms with Gasteiger partial charge in [0.1, 0.15) is 5.75 Å². The van der Waals surface area contributed by atoms with E-state index in [1.807, 2.05) is 11.0 Å². The molecule has 5 heteroatoms. The number of rotatable bonds is 8. The average Bonchev–Trinajstić information content (AvgIpc) is 3.24. The van der Waals surface area contributed by atoms with Gasteiger partial charge in [-0.25, -0.2) is 0 Å². The van der Waals surface area contributed by atoms with Gasteiger partial charge in [0, 0.05) is 17.8 Å². The molecule has 0 fully saturated rings. The van der Waals surface area contributed by atoms with E-state index in [9.17, 15) is 4.79 Å². The van der Waals surface area contributed by atoms with E-state index in [1.165, 1.54) is 16.7 Å². The fraction of sp³-hybridized carbons (Fsp3) is 0.516. The summed E-state index contributed by atoms with van der Waals surface area (Å²) in [5.74, 6) is 1.54. The standard InChI is InChI=1S/C31H43NO3Si/c1-9-23-10-12-24(13-11-23)26-16-27-15-14-25-17-30(35-36(20(2)3,21(4)5)22(6)7)29(34-8)18-28(25)31(33)32(27)19-26/h10-13,17-22,27H,9,14-16H2,1-8H3/t27-/m1/s1. The van der Waals surface area contributed by atoms with E-state index in [0.717, 1.165) is 42.6 Å². The van der Waals surface area contributed by atoms with E-state index in [-0.39, 0.29) is 11.9 Å². The molecule has 1 atom stereocenters. The largest absolute Gasteiger partial charge is 0.540 e. The monoisotopic (exact) mass is 505 g/mol. The van der Waals surface area contributed by atoms with E-state index in [2.05, 4.69) is 85.0 Å². The maximum atomic E-state index is 13.8. The molecule has 0 N–H and O–H groups in total. The molecule has 0 aliphatic carbocycles. The lowest BCUT2D eigenvalue weighted by Gasteiger charge is -2.42. The van der Waals surface area contributed by atoms with Gasteiger partial charge < -0.3 is 14.1 Å². The van der Waals surface area contributed by atoms with Crippen LogP contribution < -0.4 is 9.16 Å². The minimum absolute atomic E-state index is 0.0672. The fourth-order valence-electron chi connectivity index (χ4n) is 6.54. The predicted molar refractivity (Wildman–Crippen MR) is 151 cm³/mol. The van der Waals surface area contributed by atoms with Crippen LogP contribution in [0.5, 0.6) is 11.5 Å². The average molecular weight is 506 g/mol. The third-order valence-electron chi connectivity index (χ3n) is 8.47. The minimum Gasteiger partial charge on any atom is -0.540 e. The lowest BCUT2D eigenvalue weighted by molar-refractivity contribution is 0.0788. The third kappa shape index (κ3) is 4.63. The zero-order valence-corrected chi connectivity index (χ0v) is 24.4. The van der Waals surface area contributed by atoms with Crippen LogP contribution in [0.15, 0.2) is 42.6 Å². The summed E-state index contributed by atoms with van der Waals surface area (Å²) in [4.78, 5) is 15.7. The lowest BCUT2D eigenvalue weighted by atomic mass is 9.97. The Morgan fingerprint density at radius 2 is 1.61 bits per heavy atom. The molecule has 1 amide bonds. The van der Waals surface area contributed by atoms with Crippen LogP contribution in [0.1, 0.15) is 88.4 Å². The zero-order valence-electron chi connectivity index (χ0n) is 23.4. The van der Waals surface area contributed by atoms with Crippen molar-refractivity contribution in [1.82, 2.24) is 4.90 Å². The number of methoxy groups -OCH3 is 1. The van der Waals surface area contributed by atoms with Crippen LogP contribution in [0.25, 0.3) is 5.57 Å². The fourth-order valence-corrected chi connectivity index (χ4v) is 11.8. The Kier molecular flexibility index (Phi) is 7.70. The van der Waals surface area contributed by atoms with Gasteiger partial charge in [0.05, 0.1) is 7.11 Å². The van der Waals surface area contributed by atoms with E-state index >= 15 is 0 Å². The molecule has 0 saturated carbocycles. The van der Waals surface area contributed by atoms with Gasteiger partial charge in [-0.05, 0) is 76.7 Å². The van der Waals surface area contributed by atoms with Crippen molar-refractivity contribution in [3.05, 3.63) is 64.9 Å². The summed E-state index contributed by atoms with van der Waals surface area (Å²) in [7, 11) is -0.476. The molecule has 2 aromatic rings. The van der Waals surface area contributed by atoms with Crippen molar-refractivity contribution in [1.29, 1.82) is 0 Å². The van der Waals surface area contributed by atoms with Gasteiger partial charge >= 0.3 is 0 Å². The molecule has 4 nitrogen and oxygen atoms in total. The Labute approximate surface area is 218 Å². The lowest BCUT2D eigenvalue weighted by Crippen LogP contribution is -2.50. The van der Waals surface area contributed by atoms with Crippen LogP contribution in [0.2, 0.25) is 16.6 Å². The van der Waals surface area contributed by atoms with Crippen LogP contribution >= 0.6 is 0 Å². The molecule has 2 aliphatic rings. The van der Waals surface area contributed by atoms with E-state index in [4.69, 9.17) is 9.16 Å². The summed E-state index contributed by atoms with van der Waals surface area (Å²) < 4.78 is 12.8. The first-order valence-corrected chi connectivity index (χ1v) is 15.8. The zero-order chi connectivity index (χ0) is 26.2. The van der Waals surface area contributed by atoms with Crippen LogP contribution in [-0.2, 0) is 12.8 Å². The molecule has 0 saturated heterocycles. The van der Waals surface area contributed by atoms with E-state index < -0.39 is 8.32 Å². The number of carbonyl (C=O) groups excluding carboxylic acids is 1. The van der Waals surface area contributed by atoms with Gasteiger partial charge in [0.25, 0.3) is 14.2 Å². The van der Waals surface area contributed by atoms with Crippen molar-refractivity contribution < 1.29 is 14.0 Å². The van der Waals surface area contributed by atoms with E-state index in [0.29, 0.717) is 22.4 Å². The van der Waals surface area contributed by atoms with Gasteiger partial charge in [0.2, 0.25) is 0 Å². The third-order valence-corrected chi connectivity index (χ3v) is 14.5. The Balaban J connectivity index is 1.69. The molecule has 36 heavy (non-hydrogen) atoms. The SMILES string of the molecule is CCc1ccc(C2=CN3C(=O)c4cc(OC)c(O[Si](C(C)C)(C(C)C)C(C)C)cc4CC[C@@H]3C2)cc1. The Bertz CT molecular complexity index is 1110. The molecule has 2 aromatic carbocycles. The highest BCUT2D eigenvalue weighted by Gasteiger charge is 2.47. The van der Waals surface area contributed by atoms with Crippen molar-refractivity contribution in [2.45, 2.75) is 96.8 Å². The maximum Gasteiger partial charge on any atom is 0.258 e. The first-order chi connectivity index (χ1) is 17.1. The van der Waals surface area contributed by atoms with Gasteiger partial charge in [-0.2, -0.15) is 0 Å². The molecule has 4 rings (SSSR count). The molecular weight excluding hydrogens is 462 g/mol. The van der Waals surface area contributed by atoms with Crippen LogP contribution in [0.3, 0.4) is 0 Å². The van der Waals surface area contributed by atoms with Gasteiger partial charge in [-0.1, -0.05) is 72.7 Å². The summed E-state index contributed by atoms with van der Waals surface area (Å²) in [5.41, 5.74) is 6.99. The van der Waals surface area contributed by atoms with Gasteiger partial charge in [-0.3, -0.25) is 4.79 Å².